The lowest BCUT2D eigenvalue weighted by atomic mass is 9.97. The Morgan fingerprint density at radius 3 is 2.33 bits per heavy atom. The number of rotatable bonds is 3. The summed E-state index contributed by atoms with van der Waals surface area (Å²) < 4.78 is 5.31. The number of piperazine rings is 1. The van der Waals surface area contributed by atoms with E-state index < -0.39 is 5.54 Å². The molecule has 2 aliphatic rings. The predicted molar refractivity (Wildman–Crippen MR) is 79.2 cm³/mol. The number of nitrogens with two attached hydrogens (primary N) is 1. The largest absolute Gasteiger partial charge is 0.409 e. The van der Waals surface area contributed by atoms with Crippen LogP contribution in [0.25, 0.3) is 0 Å². The zero-order valence-electron chi connectivity index (χ0n) is 12.9. The number of carbonyl (C=O) groups is 1. The van der Waals surface area contributed by atoms with Gasteiger partial charge in [0.25, 0.3) is 0 Å². The Bertz CT molecular complexity index is 397. The maximum Gasteiger partial charge on any atom is 0.225 e. The lowest BCUT2D eigenvalue weighted by Gasteiger charge is -2.44. The van der Waals surface area contributed by atoms with Crippen molar-refractivity contribution in [3.63, 3.8) is 0 Å². The zero-order chi connectivity index (χ0) is 15.5. The minimum absolute atomic E-state index is 0.113. The Hall–Kier alpha value is -1.34. The standard InChI is InChI=1S/C14H26N4O3/c1-14(2,13(15)16-20)18-7-5-17(6-8-18)12(19)11-3-9-21-10-4-11/h11,20H,3-10H2,1-2H3,(H2,15,16). The van der Waals surface area contributed by atoms with E-state index in [-0.39, 0.29) is 17.7 Å². The maximum atomic E-state index is 12.5. The third-order valence-electron chi connectivity index (χ3n) is 4.69. The van der Waals surface area contributed by atoms with Crippen LogP contribution in [0.2, 0.25) is 0 Å². The van der Waals surface area contributed by atoms with Gasteiger partial charge in [-0.15, -0.1) is 0 Å². The molecule has 0 radical (unpaired) electrons. The van der Waals surface area contributed by atoms with E-state index in [9.17, 15) is 4.79 Å². The summed E-state index contributed by atoms with van der Waals surface area (Å²) in [6.07, 6.45) is 1.66. The average Bonchev–Trinajstić information content (AvgIpc) is 2.54. The maximum absolute atomic E-state index is 12.5. The summed E-state index contributed by atoms with van der Waals surface area (Å²) in [5.74, 6) is 0.564. The van der Waals surface area contributed by atoms with Gasteiger partial charge in [-0.1, -0.05) is 5.16 Å². The van der Waals surface area contributed by atoms with Gasteiger partial charge >= 0.3 is 0 Å². The van der Waals surface area contributed by atoms with Crippen molar-refractivity contribution in [2.24, 2.45) is 16.8 Å². The smallest absolute Gasteiger partial charge is 0.225 e. The molecule has 2 aliphatic heterocycles. The van der Waals surface area contributed by atoms with Crippen LogP contribution in [-0.2, 0) is 9.53 Å². The fourth-order valence-corrected chi connectivity index (χ4v) is 2.97. The van der Waals surface area contributed by atoms with Gasteiger partial charge in [0.05, 0.1) is 5.54 Å². The van der Waals surface area contributed by atoms with Crippen LogP contribution in [0.4, 0.5) is 0 Å². The van der Waals surface area contributed by atoms with Crippen LogP contribution < -0.4 is 5.73 Å². The minimum atomic E-state index is -0.497. The number of ether oxygens (including phenoxy) is 1. The molecule has 0 unspecified atom stereocenters. The lowest BCUT2D eigenvalue weighted by Crippen LogP contribution is -2.60. The molecule has 0 aromatic carbocycles. The van der Waals surface area contributed by atoms with Gasteiger partial charge in [-0.25, -0.2) is 0 Å². The van der Waals surface area contributed by atoms with Crippen molar-refractivity contribution in [1.82, 2.24) is 9.80 Å². The highest BCUT2D eigenvalue weighted by Gasteiger charge is 2.36. The van der Waals surface area contributed by atoms with E-state index >= 15 is 0 Å². The number of oxime groups is 1. The molecule has 0 aromatic rings. The molecule has 1 amide bonds. The van der Waals surface area contributed by atoms with Gasteiger partial charge in [0.1, 0.15) is 0 Å². The fraction of sp³-hybridized carbons (Fsp3) is 0.857. The molecule has 0 bridgehead atoms. The van der Waals surface area contributed by atoms with E-state index in [0.717, 1.165) is 25.9 Å². The molecule has 0 atom stereocenters. The Labute approximate surface area is 125 Å². The van der Waals surface area contributed by atoms with Crippen molar-refractivity contribution in [1.29, 1.82) is 0 Å². The second kappa shape index (κ2) is 6.62. The first kappa shape index (κ1) is 16.0. The first-order chi connectivity index (χ1) is 9.96. The summed E-state index contributed by atoms with van der Waals surface area (Å²) >= 11 is 0. The van der Waals surface area contributed by atoms with Crippen LogP contribution in [0, 0.1) is 5.92 Å². The Morgan fingerprint density at radius 1 is 1.24 bits per heavy atom. The molecule has 2 rings (SSSR count). The second-order valence-electron chi connectivity index (χ2n) is 6.24. The van der Waals surface area contributed by atoms with E-state index in [1.807, 2.05) is 18.7 Å². The molecule has 0 aliphatic carbocycles. The molecule has 0 aromatic heterocycles. The van der Waals surface area contributed by atoms with Gasteiger partial charge in [0, 0.05) is 45.3 Å². The molecule has 2 heterocycles. The topological polar surface area (TPSA) is 91.4 Å². The summed E-state index contributed by atoms with van der Waals surface area (Å²) in [6.45, 7) is 8.09. The molecule has 7 heteroatoms. The molecular weight excluding hydrogens is 272 g/mol. The molecule has 0 saturated carbocycles. The van der Waals surface area contributed by atoms with Crippen molar-refractivity contribution in [3.05, 3.63) is 0 Å². The summed E-state index contributed by atoms with van der Waals surface area (Å²) in [4.78, 5) is 16.6. The number of amidine groups is 1. The molecule has 21 heavy (non-hydrogen) atoms. The number of amides is 1. The summed E-state index contributed by atoms with van der Waals surface area (Å²) in [5.41, 5.74) is 5.26. The zero-order valence-corrected chi connectivity index (χ0v) is 12.9. The van der Waals surface area contributed by atoms with Crippen LogP contribution in [-0.4, -0.2) is 71.7 Å². The van der Waals surface area contributed by atoms with Crippen molar-refractivity contribution < 1.29 is 14.7 Å². The SMILES string of the molecule is CC(C)(C(N)=NO)N1CCN(C(=O)C2CCOCC2)CC1. The highest BCUT2D eigenvalue weighted by atomic mass is 16.5. The first-order valence-corrected chi connectivity index (χ1v) is 7.56. The van der Waals surface area contributed by atoms with Crippen molar-refractivity contribution >= 4 is 11.7 Å². The minimum Gasteiger partial charge on any atom is -0.409 e. The van der Waals surface area contributed by atoms with Crippen LogP contribution in [0.5, 0.6) is 0 Å². The van der Waals surface area contributed by atoms with E-state index in [1.54, 1.807) is 0 Å². The Kier molecular flexibility index (Phi) is 5.05. The van der Waals surface area contributed by atoms with E-state index in [4.69, 9.17) is 15.7 Å². The molecule has 0 spiro atoms. The van der Waals surface area contributed by atoms with Gasteiger partial charge in [0.15, 0.2) is 5.84 Å². The predicted octanol–water partition coefficient (Wildman–Crippen LogP) is 0.0822. The van der Waals surface area contributed by atoms with Gasteiger partial charge in [-0.3, -0.25) is 9.69 Å². The summed E-state index contributed by atoms with van der Waals surface area (Å²) in [7, 11) is 0. The van der Waals surface area contributed by atoms with E-state index in [1.165, 1.54) is 0 Å². The summed E-state index contributed by atoms with van der Waals surface area (Å²) in [6, 6.07) is 0. The van der Waals surface area contributed by atoms with Crippen LogP contribution >= 0.6 is 0 Å². The van der Waals surface area contributed by atoms with E-state index in [2.05, 4.69) is 10.1 Å². The third kappa shape index (κ3) is 3.47. The summed E-state index contributed by atoms with van der Waals surface area (Å²) in [5, 5.41) is 12.0. The monoisotopic (exact) mass is 298 g/mol. The quantitative estimate of drug-likeness (QED) is 0.333. The van der Waals surface area contributed by atoms with Crippen molar-refractivity contribution in [2.75, 3.05) is 39.4 Å². The Balaban J connectivity index is 1.89. The number of hydrogen-bond acceptors (Lipinski definition) is 5. The van der Waals surface area contributed by atoms with Crippen LogP contribution in [0.1, 0.15) is 26.7 Å². The highest BCUT2D eigenvalue weighted by Crippen LogP contribution is 2.21. The second-order valence-corrected chi connectivity index (χ2v) is 6.24. The van der Waals surface area contributed by atoms with Gasteiger partial charge < -0.3 is 20.6 Å². The Morgan fingerprint density at radius 2 is 1.81 bits per heavy atom. The van der Waals surface area contributed by atoms with Crippen molar-refractivity contribution in [3.8, 4) is 0 Å². The highest BCUT2D eigenvalue weighted by molar-refractivity contribution is 5.88. The van der Waals surface area contributed by atoms with E-state index in [0.29, 0.717) is 26.3 Å². The molecule has 120 valence electrons. The van der Waals surface area contributed by atoms with Crippen LogP contribution in [0.15, 0.2) is 5.16 Å². The molecule has 7 nitrogen and oxygen atoms in total. The lowest BCUT2D eigenvalue weighted by molar-refractivity contribution is -0.140. The molecule has 3 N–H and O–H groups in total. The van der Waals surface area contributed by atoms with Gasteiger partial charge in [-0.05, 0) is 26.7 Å². The van der Waals surface area contributed by atoms with Crippen molar-refractivity contribution in [2.45, 2.75) is 32.2 Å². The van der Waals surface area contributed by atoms with Gasteiger partial charge in [0.2, 0.25) is 5.91 Å². The number of carbonyl (C=O) groups excluding carboxylic acids is 1. The average molecular weight is 298 g/mol. The first-order valence-electron chi connectivity index (χ1n) is 7.56. The fourth-order valence-electron chi connectivity index (χ4n) is 2.97. The normalized spacial score (nSPS) is 23.3. The molecular formula is C14H26N4O3. The molecule has 2 saturated heterocycles. The van der Waals surface area contributed by atoms with Gasteiger partial charge in [-0.2, -0.15) is 0 Å². The third-order valence-corrected chi connectivity index (χ3v) is 4.69. The number of hydrogen-bond donors (Lipinski definition) is 2. The molecule has 2 fully saturated rings. The number of nitrogens with zero attached hydrogens (tertiary/aromatic N) is 3. The van der Waals surface area contributed by atoms with Crippen LogP contribution in [0.3, 0.4) is 0 Å².